The Kier molecular flexibility index (Phi) is 8.43. The number of methoxy groups -OCH3 is 1. The SMILES string of the molecule is CCN(CC)C(=O)c1sc(NC(=S)NCc2ccccc2Cl)c(C(=O)OC)c1C. The smallest absolute Gasteiger partial charge is 0.341 e. The monoisotopic (exact) mass is 453 g/mol. The van der Waals surface area contributed by atoms with Crippen molar-refractivity contribution in [3.8, 4) is 0 Å². The molecule has 2 rings (SSSR count). The van der Waals surface area contributed by atoms with Crippen molar-refractivity contribution < 1.29 is 14.3 Å². The molecule has 6 nitrogen and oxygen atoms in total. The summed E-state index contributed by atoms with van der Waals surface area (Å²) in [7, 11) is 1.31. The molecule has 0 fully saturated rings. The Balaban J connectivity index is 2.25. The maximum atomic E-state index is 12.8. The van der Waals surface area contributed by atoms with Gasteiger partial charge >= 0.3 is 5.97 Å². The predicted molar refractivity (Wildman–Crippen MR) is 122 cm³/mol. The molecule has 0 radical (unpaired) electrons. The maximum absolute atomic E-state index is 12.8. The van der Waals surface area contributed by atoms with Crippen molar-refractivity contribution in [1.82, 2.24) is 10.2 Å². The third kappa shape index (κ3) is 5.46. The van der Waals surface area contributed by atoms with Crippen molar-refractivity contribution in [2.24, 2.45) is 0 Å². The van der Waals surface area contributed by atoms with E-state index in [1.165, 1.54) is 18.4 Å². The first-order chi connectivity index (χ1) is 13.8. The molecule has 29 heavy (non-hydrogen) atoms. The lowest BCUT2D eigenvalue weighted by Gasteiger charge is -2.18. The Morgan fingerprint density at radius 2 is 1.90 bits per heavy atom. The van der Waals surface area contributed by atoms with Gasteiger partial charge in [0.15, 0.2) is 5.11 Å². The summed E-state index contributed by atoms with van der Waals surface area (Å²) in [4.78, 5) is 27.4. The molecule has 9 heteroatoms. The molecule has 0 atom stereocenters. The number of anilines is 1. The first kappa shape index (κ1) is 23.1. The highest BCUT2D eigenvalue weighted by Crippen LogP contribution is 2.34. The second kappa shape index (κ2) is 10.6. The second-order valence-electron chi connectivity index (χ2n) is 6.13. The van der Waals surface area contributed by atoms with Gasteiger partial charge in [-0.15, -0.1) is 11.3 Å². The van der Waals surface area contributed by atoms with Gasteiger partial charge in [0.2, 0.25) is 0 Å². The average Bonchev–Trinajstić information content (AvgIpc) is 3.03. The number of thiocarbonyl (C=S) groups is 1. The molecule has 0 bridgehead atoms. The zero-order chi connectivity index (χ0) is 21.6. The number of carbonyl (C=O) groups is 2. The van der Waals surface area contributed by atoms with Gasteiger partial charge in [0.1, 0.15) is 5.00 Å². The molecule has 2 aromatic rings. The van der Waals surface area contributed by atoms with Gasteiger partial charge in [-0.3, -0.25) is 4.79 Å². The molecule has 2 N–H and O–H groups in total. The highest BCUT2D eigenvalue weighted by atomic mass is 35.5. The van der Waals surface area contributed by atoms with E-state index < -0.39 is 5.97 Å². The number of esters is 1. The summed E-state index contributed by atoms with van der Waals surface area (Å²) in [5, 5.41) is 7.53. The number of benzene rings is 1. The van der Waals surface area contributed by atoms with E-state index in [4.69, 9.17) is 28.6 Å². The van der Waals surface area contributed by atoms with E-state index in [-0.39, 0.29) is 5.91 Å². The topological polar surface area (TPSA) is 70.7 Å². The van der Waals surface area contributed by atoms with Crippen LogP contribution in [0.5, 0.6) is 0 Å². The van der Waals surface area contributed by atoms with E-state index in [0.29, 0.717) is 50.8 Å². The average molecular weight is 454 g/mol. The quantitative estimate of drug-likeness (QED) is 0.476. The highest BCUT2D eigenvalue weighted by molar-refractivity contribution is 7.80. The number of rotatable bonds is 7. The first-order valence-electron chi connectivity index (χ1n) is 9.13. The van der Waals surface area contributed by atoms with Crippen molar-refractivity contribution in [2.75, 3.05) is 25.5 Å². The zero-order valence-corrected chi connectivity index (χ0v) is 19.2. The van der Waals surface area contributed by atoms with Gasteiger partial charge in [0, 0.05) is 24.7 Å². The Morgan fingerprint density at radius 1 is 1.24 bits per heavy atom. The standard InChI is InChI=1S/C20H24ClN3O3S2/c1-5-24(6-2)18(25)16-12(3)15(19(26)27-4)17(29-16)23-20(28)22-11-13-9-7-8-10-14(13)21/h7-10H,5-6,11H2,1-4H3,(H2,22,23,28). The van der Waals surface area contributed by atoms with Gasteiger partial charge in [0.05, 0.1) is 17.6 Å². The van der Waals surface area contributed by atoms with Gasteiger partial charge < -0.3 is 20.3 Å². The number of thiophene rings is 1. The van der Waals surface area contributed by atoms with Crippen LogP contribution in [0.2, 0.25) is 5.02 Å². The van der Waals surface area contributed by atoms with Crippen LogP contribution in [0.15, 0.2) is 24.3 Å². The third-order valence-electron chi connectivity index (χ3n) is 4.41. The summed E-state index contributed by atoms with van der Waals surface area (Å²) in [5.74, 6) is -0.639. The van der Waals surface area contributed by atoms with E-state index in [0.717, 1.165) is 5.56 Å². The van der Waals surface area contributed by atoms with Crippen LogP contribution < -0.4 is 10.6 Å². The summed E-state index contributed by atoms with van der Waals surface area (Å²) >= 11 is 12.7. The lowest BCUT2D eigenvalue weighted by molar-refractivity contribution is 0.0601. The molecule has 1 amide bonds. The molecule has 0 aliphatic heterocycles. The fraction of sp³-hybridized carbons (Fsp3) is 0.350. The van der Waals surface area contributed by atoms with E-state index in [9.17, 15) is 9.59 Å². The van der Waals surface area contributed by atoms with Gasteiger partial charge in [-0.25, -0.2) is 4.79 Å². The van der Waals surface area contributed by atoms with Gasteiger partial charge in [-0.1, -0.05) is 29.8 Å². The van der Waals surface area contributed by atoms with Crippen molar-refractivity contribution in [3.05, 3.63) is 50.9 Å². The number of ether oxygens (including phenoxy) is 1. The highest BCUT2D eigenvalue weighted by Gasteiger charge is 2.27. The minimum atomic E-state index is -0.520. The van der Waals surface area contributed by atoms with Crippen LogP contribution in [0, 0.1) is 6.92 Å². The molecule has 0 aliphatic rings. The van der Waals surface area contributed by atoms with Crippen LogP contribution in [-0.2, 0) is 11.3 Å². The lowest BCUT2D eigenvalue weighted by atomic mass is 10.1. The third-order valence-corrected chi connectivity index (χ3v) is 6.22. The van der Waals surface area contributed by atoms with Crippen LogP contribution >= 0.6 is 35.2 Å². The number of nitrogens with zero attached hydrogens (tertiary/aromatic N) is 1. The lowest BCUT2D eigenvalue weighted by Crippen LogP contribution is -2.30. The Labute approximate surface area is 185 Å². The Morgan fingerprint density at radius 3 is 2.48 bits per heavy atom. The zero-order valence-electron chi connectivity index (χ0n) is 16.8. The van der Waals surface area contributed by atoms with E-state index in [2.05, 4.69) is 10.6 Å². The first-order valence-corrected chi connectivity index (χ1v) is 10.7. The fourth-order valence-corrected chi connectivity index (χ4v) is 4.38. The molecule has 0 saturated heterocycles. The Hall–Kier alpha value is -2.16. The fourth-order valence-electron chi connectivity index (χ4n) is 2.77. The summed E-state index contributed by atoms with van der Waals surface area (Å²) < 4.78 is 4.91. The molecule has 0 unspecified atom stereocenters. The van der Waals surface area contributed by atoms with Crippen molar-refractivity contribution in [1.29, 1.82) is 0 Å². The van der Waals surface area contributed by atoms with Crippen molar-refractivity contribution in [2.45, 2.75) is 27.3 Å². The van der Waals surface area contributed by atoms with Crippen LogP contribution in [0.4, 0.5) is 5.00 Å². The van der Waals surface area contributed by atoms with E-state index in [1.807, 2.05) is 32.0 Å². The molecule has 0 spiro atoms. The van der Waals surface area contributed by atoms with Crippen LogP contribution in [0.25, 0.3) is 0 Å². The van der Waals surface area contributed by atoms with Crippen LogP contribution in [0.3, 0.4) is 0 Å². The molecule has 1 heterocycles. The number of nitrogens with one attached hydrogen (secondary N) is 2. The summed E-state index contributed by atoms with van der Waals surface area (Å²) in [6, 6.07) is 7.45. The number of hydrogen-bond acceptors (Lipinski definition) is 5. The molecule has 0 saturated carbocycles. The minimum absolute atomic E-state index is 0.120. The maximum Gasteiger partial charge on any atom is 0.341 e. The predicted octanol–water partition coefficient (Wildman–Crippen LogP) is 4.47. The van der Waals surface area contributed by atoms with E-state index >= 15 is 0 Å². The molecule has 1 aromatic carbocycles. The minimum Gasteiger partial charge on any atom is -0.465 e. The normalized spacial score (nSPS) is 10.4. The van der Waals surface area contributed by atoms with Gasteiger partial charge in [-0.2, -0.15) is 0 Å². The van der Waals surface area contributed by atoms with Gasteiger partial charge in [0.25, 0.3) is 5.91 Å². The summed E-state index contributed by atoms with van der Waals surface area (Å²) in [6.07, 6.45) is 0. The molecular formula is C20H24ClN3O3S2. The number of halogens is 1. The molecule has 156 valence electrons. The summed E-state index contributed by atoms with van der Waals surface area (Å²) in [6.45, 7) is 7.16. The molecular weight excluding hydrogens is 430 g/mol. The molecule has 1 aromatic heterocycles. The number of hydrogen-bond donors (Lipinski definition) is 2. The van der Waals surface area contributed by atoms with Gasteiger partial charge in [-0.05, 0) is 50.2 Å². The molecule has 0 aliphatic carbocycles. The van der Waals surface area contributed by atoms with Crippen LogP contribution in [-0.4, -0.2) is 42.1 Å². The largest absolute Gasteiger partial charge is 0.465 e. The van der Waals surface area contributed by atoms with Crippen molar-refractivity contribution >= 4 is 57.1 Å². The van der Waals surface area contributed by atoms with Crippen LogP contribution in [0.1, 0.15) is 45.0 Å². The van der Waals surface area contributed by atoms with Crippen molar-refractivity contribution in [3.63, 3.8) is 0 Å². The van der Waals surface area contributed by atoms with E-state index in [1.54, 1.807) is 17.9 Å². The summed E-state index contributed by atoms with van der Waals surface area (Å²) in [5.41, 5.74) is 1.79. The number of carbonyl (C=O) groups excluding carboxylic acids is 2. The number of amides is 1. The second-order valence-corrected chi connectivity index (χ2v) is 7.96. The Bertz CT molecular complexity index is 910.